The van der Waals surface area contributed by atoms with Gasteiger partial charge in [-0.05, 0) is 42.2 Å². The fourth-order valence-electron chi connectivity index (χ4n) is 2.67. The number of hydrogen-bond acceptors (Lipinski definition) is 8. The molecule has 28 heavy (non-hydrogen) atoms. The smallest absolute Gasteiger partial charge is 0.274 e. The third-order valence-electron chi connectivity index (χ3n) is 4.05. The van der Waals surface area contributed by atoms with Crippen LogP contribution >= 0.6 is 34.5 Å². The van der Waals surface area contributed by atoms with Gasteiger partial charge < -0.3 is 4.74 Å². The highest BCUT2D eigenvalue weighted by Crippen LogP contribution is 2.39. The average molecular weight is 432 g/mol. The molecule has 0 atom stereocenters. The van der Waals surface area contributed by atoms with Crippen LogP contribution in [-0.4, -0.2) is 32.6 Å². The normalized spacial score (nSPS) is 11.0. The molecule has 4 aromatic rings. The lowest BCUT2D eigenvalue weighted by Crippen LogP contribution is -2.30. The molecule has 0 fully saturated rings. The maximum absolute atomic E-state index is 13.3. The Morgan fingerprint density at radius 3 is 2.86 bits per heavy atom. The molecule has 7 nitrogen and oxygen atoms in total. The Kier molecular flexibility index (Phi) is 5.21. The van der Waals surface area contributed by atoms with E-state index in [1.807, 2.05) is 12.1 Å². The number of fused-ring (bicyclic) bond motifs is 1. The van der Waals surface area contributed by atoms with Gasteiger partial charge in [-0.15, -0.1) is 5.10 Å². The van der Waals surface area contributed by atoms with E-state index in [-0.39, 0.29) is 5.91 Å². The fourth-order valence-corrected chi connectivity index (χ4v) is 4.53. The highest BCUT2D eigenvalue weighted by atomic mass is 35.5. The second-order valence-electron chi connectivity index (χ2n) is 5.86. The van der Waals surface area contributed by atoms with Crippen LogP contribution in [0.4, 0.5) is 5.13 Å². The highest BCUT2D eigenvalue weighted by Gasteiger charge is 2.26. The molecule has 0 aliphatic heterocycles. The first-order valence-corrected chi connectivity index (χ1v) is 10.2. The van der Waals surface area contributed by atoms with Crippen molar-refractivity contribution in [2.45, 2.75) is 13.5 Å². The summed E-state index contributed by atoms with van der Waals surface area (Å²) >= 11 is 8.76. The first-order chi connectivity index (χ1) is 13.6. The predicted octanol–water partition coefficient (Wildman–Crippen LogP) is 4.36. The van der Waals surface area contributed by atoms with Gasteiger partial charge in [-0.2, -0.15) is 0 Å². The number of carbonyl (C=O) groups is 1. The van der Waals surface area contributed by atoms with Crippen molar-refractivity contribution in [1.82, 2.24) is 19.6 Å². The minimum atomic E-state index is -0.217. The van der Waals surface area contributed by atoms with Crippen molar-refractivity contribution < 1.29 is 9.53 Å². The Bertz CT molecular complexity index is 1150. The standard InChI is InChI=1S/C18H14ClN5O2S2/c1-10-15(28-23-22-10)17(25)24(9-11-4-3-7-20-8-11)18-21-14-13(26-2)6-5-12(19)16(14)27-18/h3-8H,9H2,1-2H3. The summed E-state index contributed by atoms with van der Waals surface area (Å²) in [4.78, 5) is 24.2. The van der Waals surface area contributed by atoms with Gasteiger partial charge in [-0.1, -0.05) is 33.5 Å². The molecule has 1 aromatic carbocycles. The number of thiazole rings is 1. The zero-order chi connectivity index (χ0) is 19.7. The molecule has 10 heteroatoms. The minimum absolute atomic E-state index is 0.217. The zero-order valence-corrected chi connectivity index (χ0v) is 17.3. The molecule has 3 heterocycles. The van der Waals surface area contributed by atoms with Crippen LogP contribution in [0.3, 0.4) is 0 Å². The van der Waals surface area contributed by atoms with Crippen LogP contribution in [0.15, 0.2) is 36.7 Å². The Morgan fingerprint density at radius 1 is 1.32 bits per heavy atom. The van der Waals surface area contributed by atoms with Crippen molar-refractivity contribution in [2.75, 3.05) is 12.0 Å². The SMILES string of the molecule is COc1ccc(Cl)c2sc(N(Cc3cccnc3)C(=O)c3snnc3C)nc12. The number of carbonyl (C=O) groups excluding carboxylic acids is 1. The summed E-state index contributed by atoms with van der Waals surface area (Å²) in [6, 6.07) is 7.26. The number of amides is 1. The summed E-state index contributed by atoms with van der Waals surface area (Å²) < 4.78 is 10.0. The van der Waals surface area contributed by atoms with E-state index in [9.17, 15) is 4.79 Å². The predicted molar refractivity (Wildman–Crippen MR) is 111 cm³/mol. The van der Waals surface area contributed by atoms with E-state index < -0.39 is 0 Å². The summed E-state index contributed by atoms with van der Waals surface area (Å²) in [6.07, 6.45) is 3.41. The van der Waals surface area contributed by atoms with E-state index in [2.05, 4.69) is 19.6 Å². The molecule has 0 aliphatic carbocycles. The van der Waals surface area contributed by atoms with Gasteiger partial charge >= 0.3 is 0 Å². The third kappa shape index (κ3) is 3.44. The third-order valence-corrected chi connectivity index (χ3v) is 6.41. The Balaban J connectivity index is 1.83. The Labute approximate surface area is 173 Å². The molecular formula is C18H14ClN5O2S2. The van der Waals surface area contributed by atoms with E-state index in [0.29, 0.717) is 38.5 Å². The first kappa shape index (κ1) is 18.7. The summed E-state index contributed by atoms with van der Waals surface area (Å²) in [5, 5.41) is 5.03. The Morgan fingerprint density at radius 2 is 2.18 bits per heavy atom. The van der Waals surface area contributed by atoms with Crippen molar-refractivity contribution >= 4 is 55.7 Å². The van der Waals surface area contributed by atoms with Gasteiger partial charge in [0.25, 0.3) is 5.91 Å². The lowest BCUT2D eigenvalue weighted by molar-refractivity contribution is 0.0988. The summed E-state index contributed by atoms with van der Waals surface area (Å²) in [5.74, 6) is 0.386. The van der Waals surface area contributed by atoms with Gasteiger partial charge in [-0.25, -0.2) is 4.98 Å². The van der Waals surface area contributed by atoms with Crippen molar-refractivity contribution in [1.29, 1.82) is 0 Å². The number of nitrogens with zero attached hydrogens (tertiary/aromatic N) is 5. The second-order valence-corrected chi connectivity index (χ2v) is 8.00. The molecule has 142 valence electrons. The lowest BCUT2D eigenvalue weighted by atomic mass is 10.2. The van der Waals surface area contributed by atoms with Crippen LogP contribution in [0.1, 0.15) is 20.9 Å². The molecule has 0 aliphatic rings. The van der Waals surface area contributed by atoms with E-state index in [0.717, 1.165) is 21.8 Å². The first-order valence-electron chi connectivity index (χ1n) is 8.21. The largest absolute Gasteiger partial charge is 0.494 e. The second kappa shape index (κ2) is 7.78. The summed E-state index contributed by atoms with van der Waals surface area (Å²) in [5.41, 5.74) is 2.09. The van der Waals surface area contributed by atoms with Crippen LogP contribution in [0.5, 0.6) is 5.75 Å². The number of hydrogen-bond donors (Lipinski definition) is 0. The van der Waals surface area contributed by atoms with E-state index in [1.54, 1.807) is 43.5 Å². The Hall–Kier alpha value is -2.62. The molecule has 0 N–H and O–H groups in total. The topological polar surface area (TPSA) is 81.1 Å². The van der Waals surface area contributed by atoms with E-state index in [1.165, 1.54) is 11.3 Å². The number of pyridine rings is 1. The van der Waals surface area contributed by atoms with Crippen molar-refractivity contribution in [2.24, 2.45) is 0 Å². The number of anilines is 1. The number of ether oxygens (including phenoxy) is 1. The molecule has 0 spiro atoms. The van der Waals surface area contributed by atoms with E-state index in [4.69, 9.17) is 16.3 Å². The molecule has 0 radical (unpaired) electrons. The number of aryl methyl sites for hydroxylation is 1. The molecule has 3 aromatic heterocycles. The van der Waals surface area contributed by atoms with Gasteiger partial charge in [0, 0.05) is 12.4 Å². The van der Waals surface area contributed by atoms with Crippen molar-refractivity contribution in [3.8, 4) is 5.75 Å². The highest BCUT2D eigenvalue weighted by molar-refractivity contribution is 7.23. The van der Waals surface area contributed by atoms with Crippen molar-refractivity contribution in [3.63, 3.8) is 0 Å². The molecular weight excluding hydrogens is 418 g/mol. The van der Waals surface area contributed by atoms with Gasteiger partial charge in [0.2, 0.25) is 0 Å². The van der Waals surface area contributed by atoms with Crippen LogP contribution in [0, 0.1) is 6.92 Å². The monoisotopic (exact) mass is 431 g/mol. The molecule has 4 rings (SSSR count). The lowest BCUT2D eigenvalue weighted by Gasteiger charge is -2.19. The minimum Gasteiger partial charge on any atom is -0.494 e. The van der Waals surface area contributed by atoms with E-state index >= 15 is 0 Å². The maximum atomic E-state index is 13.3. The average Bonchev–Trinajstić information content (AvgIpc) is 3.34. The maximum Gasteiger partial charge on any atom is 0.274 e. The van der Waals surface area contributed by atoms with Gasteiger partial charge in [0.05, 0.1) is 29.1 Å². The number of benzene rings is 1. The van der Waals surface area contributed by atoms with Crippen LogP contribution in [-0.2, 0) is 6.54 Å². The molecule has 0 bridgehead atoms. The number of aromatic nitrogens is 4. The summed E-state index contributed by atoms with van der Waals surface area (Å²) in [7, 11) is 1.58. The molecule has 0 saturated carbocycles. The molecule has 1 amide bonds. The zero-order valence-electron chi connectivity index (χ0n) is 14.9. The number of rotatable bonds is 5. The van der Waals surface area contributed by atoms with Gasteiger partial charge in [0.1, 0.15) is 16.1 Å². The quantitative estimate of drug-likeness (QED) is 0.467. The molecule has 0 unspecified atom stereocenters. The van der Waals surface area contributed by atoms with Gasteiger partial charge in [0.15, 0.2) is 5.13 Å². The number of methoxy groups -OCH3 is 1. The van der Waals surface area contributed by atoms with Crippen molar-refractivity contribution in [3.05, 3.63) is 57.8 Å². The number of halogens is 1. The van der Waals surface area contributed by atoms with Crippen LogP contribution < -0.4 is 9.64 Å². The fraction of sp³-hybridized carbons (Fsp3) is 0.167. The van der Waals surface area contributed by atoms with Gasteiger partial charge in [-0.3, -0.25) is 14.7 Å². The summed E-state index contributed by atoms with van der Waals surface area (Å²) in [6.45, 7) is 2.07. The molecule has 0 saturated heterocycles. The van der Waals surface area contributed by atoms with Crippen LogP contribution in [0.2, 0.25) is 5.02 Å². The van der Waals surface area contributed by atoms with Crippen LogP contribution in [0.25, 0.3) is 10.2 Å².